The lowest BCUT2D eigenvalue weighted by atomic mass is 9.77. The van der Waals surface area contributed by atoms with Gasteiger partial charge in [-0.05, 0) is 114 Å². The molecule has 0 bridgehead atoms. The molecule has 6 N–H and O–H groups in total. The summed E-state index contributed by atoms with van der Waals surface area (Å²) in [7, 11) is 0. The van der Waals surface area contributed by atoms with Crippen molar-refractivity contribution in [3.05, 3.63) is 177 Å². The summed E-state index contributed by atoms with van der Waals surface area (Å²) < 4.78 is 22.5. The van der Waals surface area contributed by atoms with Gasteiger partial charge in [-0.25, -0.2) is 0 Å². The Morgan fingerprint density at radius 3 is 0.986 bits per heavy atom. The van der Waals surface area contributed by atoms with Crippen LogP contribution in [0, 0.1) is 59.2 Å². The average Bonchev–Trinajstić information content (AvgIpc) is 4.11. The Morgan fingerprint density at radius 1 is 0.357 bits per heavy atom. The molecule has 6 aromatic rings. The first-order valence-corrected chi connectivity index (χ1v) is 22.5. The molecule has 6 aromatic carbocycles. The number of aliphatic hydroxyl groups excluding tert-OH is 6. The molecule has 0 radical (unpaired) electrons. The molecule has 0 amide bonds. The highest BCUT2D eigenvalue weighted by Gasteiger charge is 2.34. The van der Waals surface area contributed by atoms with E-state index in [2.05, 4.69) is 59.2 Å². The zero-order valence-corrected chi connectivity index (χ0v) is 38.8. The van der Waals surface area contributed by atoms with Gasteiger partial charge in [-0.15, -0.1) is 0 Å². The molecule has 70 heavy (non-hydrogen) atoms. The standard InChI is InChI=1S/C32H30O6.C24H18O2.C4H6O2/c33-11-21-23(13-35)31(27-17-37-15-25(27)29(21)19-7-3-1-4-8-19)32-24(14-36)22(12-34)30(20-9-5-2-6-10-20)26-16-38-18-28(26)32;1(9-19-25-21-11-17-23-13-5-3-6-14-23)2-10-20-26-22-12-18-24-15-7-4-8-16-24;5-3-1-2-4-6/h1-10,33-36H,11-18H2;3-8,13-16H,19-22H2;5-6H,3-4H2. The van der Waals surface area contributed by atoms with Gasteiger partial charge in [0.2, 0.25) is 0 Å². The predicted molar refractivity (Wildman–Crippen MR) is 269 cm³/mol. The molecular formula is C60H54O10. The van der Waals surface area contributed by atoms with Gasteiger partial charge in [0.25, 0.3) is 0 Å². The van der Waals surface area contributed by atoms with Crippen molar-refractivity contribution >= 4 is 0 Å². The third-order valence-electron chi connectivity index (χ3n) is 11.1. The molecule has 2 aliphatic rings. The van der Waals surface area contributed by atoms with Gasteiger partial charge in [-0.2, -0.15) is 0 Å². The highest BCUT2D eigenvalue weighted by Crippen LogP contribution is 2.50. The fraction of sp³-hybridized carbons (Fsp3) is 0.233. The molecule has 10 heteroatoms. The van der Waals surface area contributed by atoms with Crippen LogP contribution in [0.5, 0.6) is 0 Å². The summed E-state index contributed by atoms with van der Waals surface area (Å²) in [5.74, 6) is 27.4. The minimum atomic E-state index is -0.298. The van der Waals surface area contributed by atoms with E-state index >= 15 is 0 Å². The highest BCUT2D eigenvalue weighted by atomic mass is 16.5. The fourth-order valence-electron chi connectivity index (χ4n) is 8.19. The Kier molecular flexibility index (Phi) is 21.5. The van der Waals surface area contributed by atoms with E-state index in [0.717, 1.165) is 66.8 Å². The number of aliphatic hydroxyl groups is 6. The van der Waals surface area contributed by atoms with Gasteiger partial charge in [0.15, 0.2) is 0 Å². The van der Waals surface area contributed by atoms with Gasteiger partial charge in [-0.3, -0.25) is 0 Å². The summed E-state index contributed by atoms with van der Waals surface area (Å²) in [5.41, 5.74) is 13.5. The van der Waals surface area contributed by atoms with Gasteiger partial charge in [0.05, 0.1) is 52.9 Å². The van der Waals surface area contributed by atoms with Crippen molar-refractivity contribution in [2.24, 2.45) is 0 Å². The van der Waals surface area contributed by atoms with Gasteiger partial charge in [0.1, 0.15) is 39.6 Å². The van der Waals surface area contributed by atoms with E-state index in [9.17, 15) is 20.4 Å². The second kappa shape index (κ2) is 28.9. The highest BCUT2D eigenvalue weighted by molar-refractivity contribution is 5.90. The zero-order valence-electron chi connectivity index (χ0n) is 38.8. The molecule has 354 valence electrons. The number of fused-ring (bicyclic) bond motifs is 2. The van der Waals surface area contributed by atoms with Crippen LogP contribution in [0.2, 0.25) is 0 Å². The van der Waals surface area contributed by atoms with E-state index < -0.39 is 0 Å². The third kappa shape index (κ3) is 13.9. The van der Waals surface area contributed by atoms with E-state index in [1.54, 1.807) is 0 Å². The zero-order chi connectivity index (χ0) is 49.2. The summed E-state index contributed by atoms with van der Waals surface area (Å²) in [6.07, 6.45) is 0. The van der Waals surface area contributed by atoms with Gasteiger partial charge >= 0.3 is 0 Å². The van der Waals surface area contributed by atoms with Crippen LogP contribution in [-0.2, 0) is 71.8 Å². The Bertz CT molecular complexity index is 2760. The Morgan fingerprint density at radius 2 is 0.657 bits per heavy atom. The van der Waals surface area contributed by atoms with Crippen LogP contribution < -0.4 is 0 Å². The van der Waals surface area contributed by atoms with Crippen LogP contribution >= 0.6 is 0 Å². The summed E-state index contributed by atoms with van der Waals surface area (Å²) >= 11 is 0. The van der Waals surface area contributed by atoms with E-state index in [-0.39, 0.29) is 39.6 Å². The molecule has 0 saturated carbocycles. The third-order valence-corrected chi connectivity index (χ3v) is 11.1. The summed E-state index contributed by atoms with van der Waals surface area (Å²) in [6.45, 7) is 1.31. The van der Waals surface area contributed by atoms with E-state index in [1.165, 1.54) is 0 Å². The first kappa shape index (κ1) is 52.1. The molecule has 10 nitrogen and oxygen atoms in total. The van der Waals surface area contributed by atoms with Crippen molar-refractivity contribution in [1.82, 2.24) is 0 Å². The molecule has 0 atom stereocenters. The molecule has 0 aliphatic carbocycles. The van der Waals surface area contributed by atoms with Crippen LogP contribution in [0.1, 0.15) is 55.6 Å². The van der Waals surface area contributed by atoms with Gasteiger partial charge in [0, 0.05) is 11.1 Å². The molecule has 0 spiro atoms. The summed E-state index contributed by atoms with van der Waals surface area (Å²) in [5, 5.41) is 58.6. The molecule has 0 fully saturated rings. The molecule has 0 saturated heterocycles. The van der Waals surface area contributed by atoms with Crippen molar-refractivity contribution < 1.29 is 49.6 Å². The van der Waals surface area contributed by atoms with Crippen molar-refractivity contribution in [3.63, 3.8) is 0 Å². The van der Waals surface area contributed by atoms with Crippen LogP contribution in [0.4, 0.5) is 0 Å². The second-order valence-electron chi connectivity index (χ2n) is 15.3. The maximum absolute atomic E-state index is 10.8. The van der Waals surface area contributed by atoms with Crippen molar-refractivity contribution in [2.75, 3.05) is 39.6 Å². The van der Waals surface area contributed by atoms with E-state index in [4.69, 9.17) is 29.2 Å². The number of benzene rings is 6. The summed E-state index contributed by atoms with van der Waals surface area (Å²) in [4.78, 5) is 0. The predicted octanol–water partition coefficient (Wildman–Crippen LogP) is 6.82. The van der Waals surface area contributed by atoms with Crippen molar-refractivity contribution in [1.29, 1.82) is 0 Å². The van der Waals surface area contributed by atoms with E-state index in [1.807, 2.05) is 121 Å². The molecule has 0 unspecified atom stereocenters. The SMILES string of the molecule is C(C#CCOCC#Cc1ccccc1)#CCOCC#Cc1ccccc1.OCC#CCO.OCc1c(CO)c(-c2c(CO)c(CO)c(-c3ccccc3)c3c2COC3)c2c(c1-c1ccccc1)COC2. The van der Waals surface area contributed by atoms with Crippen molar-refractivity contribution in [2.45, 2.75) is 52.9 Å². The minimum Gasteiger partial charge on any atom is -0.392 e. The Balaban J connectivity index is 0.000000218. The molecular weight excluding hydrogens is 881 g/mol. The molecule has 8 rings (SSSR count). The first-order valence-electron chi connectivity index (χ1n) is 22.5. The lowest BCUT2D eigenvalue weighted by molar-refractivity contribution is 0.134. The lowest BCUT2D eigenvalue weighted by Crippen LogP contribution is -2.12. The number of hydrogen-bond donors (Lipinski definition) is 6. The van der Waals surface area contributed by atoms with Crippen LogP contribution in [0.15, 0.2) is 121 Å². The average molecular weight is 935 g/mol. The number of ether oxygens (including phenoxy) is 4. The van der Waals surface area contributed by atoms with E-state index in [0.29, 0.717) is 75.1 Å². The minimum absolute atomic E-state index is 0.166. The quantitative estimate of drug-likeness (QED) is 0.0602. The van der Waals surface area contributed by atoms with Gasteiger partial charge in [-0.1, -0.05) is 144 Å². The fourth-order valence-corrected chi connectivity index (χ4v) is 8.19. The first-order chi connectivity index (χ1) is 34.6. The maximum atomic E-state index is 10.8. The lowest BCUT2D eigenvalue weighted by Gasteiger charge is -2.27. The normalized spacial score (nSPS) is 11.3. The molecule has 2 aliphatic heterocycles. The van der Waals surface area contributed by atoms with Crippen LogP contribution in [-0.4, -0.2) is 70.3 Å². The summed E-state index contributed by atoms with van der Waals surface area (Å²) in [6, 6.07) is 39.3. The van der Waals surface area contributed by atoms with Crippen LogP contribution in [0.25, 0.3) is 33.4 Å². The topological polar surface area (TPSA) is 158 Å². The maximum Gasteiger partial charge on any atom is 0.110 e. The monoisotopic (exact) mass is 934 g/mol. The molecule has 2 heterocycles. The van der Waals surface area contributed by atoms with Crippen LogP contribution in [0.3, 0.4) is 0 Å². The number of hydrogen-bond acceptors (Lipinski definition) is 10. The largest absolute Gasteiger partial charge is 0.392 e. The number of rotatable bonds is 11. The Hall–Kier alpha value is -7.28. The molecule has 0 aromatic heterocycles. The second-order valence-corrected chi connectivity index (χ2v) is 15.3. The smallest absolute Gasteiger partial charge is 0.110 e. The van der Waals surface area contributed by atoms with Crippen molar-refractivity contribution in [3.8, 4) is 92.6 Å². The van der Waals surface area contributed by atoms with Gasteiger partial charge < -0.3 is 49.6 Å². The Labute approximate surface area is 410 Å².